The highest BCUT2D eigenvalue weighted by Crippen LogP contribution is 2.09. The fourth-order valence-electron chi connectivity index (χ4n) is 2.32. The summed E-state index contributed by atoms with van der Waals surface area (Å²) in [6.07, 6.45) is 2.17. The maximum absolute atomic E-state index is 10.7. The van der Waals surface area contributed by atoms with Gasteiger partial charge in [0.15, 0.2) is 0 Å². The molecule has 0 amide bonds. The fraction of sp³-hybridized carbons (Fsp3) is 0.615. The van der Waals surface area contributed by atoms with E-state index >= 15 is 0 Å². The Bertz CT molecular complexity index is 367. The van der Waals surface area contributed by atoms with Crippen LogP contribution in [0.1, 0.15) is 12.0 Å². The van der Waals surface area contributed by atoms with E-state index in [1.165, 1.54) is 5.56 Å². The highest BCUT2D eigenvalue weighted by Gasteiger charge is 2.16. The maximum Gasteiger partial charge on any atom is 0.317 e. The van der Waals surface area contributed by atoms with Gasteiger partial charge in [0.2, 0.25) is 0 Å². The third-order valence-corrected chi connectivity index (χ3v) is 4.07. The van der Waals surface area contributed by atoms with Crippen LogP contribution in [0.15, 0.2) is 16.8 Å². The van der Waals surface area contributed by atoms with Gasteiger partial charge in [-0.3, -0.25) is 9.69 Å². The fourth-order valence-corrected chi connectivity index (χ4v) is 3.02. The summed E-state index contributed by atoms with van der Waals surface area (Å²) in [5.41, 5.74) is 1.41. The molecule has 5 heteroatoms. The Balaban J connectivity index is 1.73. The molecule has 1 aliphatic rings. The van der Waals surface area contributed by atoms with E-state index in [1.807, 2.05) is 4.90 Å². The van der Waals surface area contributed by atoms with Crippen molar-refractivity contribution in [2.24, 2.45) is 0 Å². The first-order valence-electron chi connectivity index (χ1n) is 6.41. The van der Waals surface area contributed by atoms with Crippen molar-refractivity contribution in [3.05, 3.63) is 22.4 Å². The van der Waals surface area contributed by atoms with Gasteiger partial charge in [0.1, 0.15) is 0 Å². The summed E-state index contributed by atoms with van der Waals surface area (Å²) in [4.78, 5) is 15.2. The SMILES string of the molecule is O=C(O)CN1CCCN(CCc2ccsc2)CC1. The van der Waals surface area contributed by atoms with Crippen LogP contribution in [0.3, 0.4) is 0 Å². The summed E-state index contributed by atoms with van der Waals surface area (Å²) in [5, 5.41) is 13.1. The van der Waals surface area contributed by atoms with Crippen LogP contribution in [0.2, 0.25) is 0 Å². The molecule has 4 nitrogen and oxygen atoms in total. The molecule has 0 bridgehead atoms. The van der Waals surface area contributed by atoms with E-state index in [0.717, 1.165) is 45.6 Å². The second-order valence-electron chi connectivity index (χ2n) is 4.75. The van der Waals surface area contributed by atoms with E-state index in [9.17, 15) is 4.79 Å². The van der Waals surface area contributed by atoms with Gasteiger partial charge in [-0.05, 0) is 41.8 Å². The summed E-state index contributed by atoms with van der Waals surface area (Å²) >= 11 is 1.75. The first kappa shape index (κ1) is 13.5. The lowest BCUT2D eigenvalue weighted by Gasteiger charge is -2.20. The molecule has 2 rings (SSSR count). The molecule has 2 heterocycles. The second kappa shape index (κ2) is 6.87. The Kier molecular flexibility index (Phi) is 5.16. The van der Waals surface area contributed by atoms with Gasteiger partial charge in [-0.15, -0.1) is 0 Å². The molecular formula is C13H20N2O2S. The number of rotatable bonds is 5. The van der Waals surface area contributed by atoms with Crippen molar-refractivity contribution in [3.8, 4) is 0 Å². The molecule has 1 aromatic heterocycles. The molecular weight excluding hydrogens is 248 g/mol. The molecule has 0 aliphatic carbocycles. The zero-order valence-corrected chi connectivity index (χ0v) is 11.4. The Labute approximate surface area is 112 Å². The third-order valence-electron chi connectivity index (χ3n) is 3.34. The smallest absolute Gasteiger partial charge is 0.317 e. The monoisotopic (exact) mass is 268 g/mol. The Morgan fingerprint density at radius 1 is 1.28 bits per heavy atom. The average Bonchev–Trinajstić information content (AvgIpc) is 2.75. The third kappa shape index (κ3) is 4.40. The molecule has 0 spiro atoms. The average molecular weight is 268 g/mol. The Morgan fingerprint density at radius 3 is 2.78 bits per heavy atom. The largest absolute Gasteiger partial charge is 0.480 e. The van der Waals surface area contributed by atoms with Crippen LogP contribution in [-0.2, 0) is 11.2 Å². The van der Waals surface area contributed by atoms with E-state index in [4.69, 9.17) is 5.11 Å². The van der Waals surface area contributed by atoms with Crippen LogP contribution in [0.4, 0.5) is 0 Å². The van der Waals surface area contributed by atoms with Crippen LogP contribution in [-0.4, -0.2) is 60.1 Å². The van der Waals surface area contributed by atoms with Crippen LogP contribution in [0, 0.1) is 0 Å². The molecule has 100 valence electrons. The molecule has 18 heavy (non-hydrogen) atoms. The first-order valence-corrected chi connectivity index (χ1v) is 7.36. The number of aliphatic carboxylic acids is 1. The molecule has 1 aromatic rings. The molecule has 0 saturated carbocycles. The number of nitrogens with zero attached hydrogens (tertiary/aromatic N) is 2. The van der Waals surface area contributed by atoms with Gasteiger partial charge in [-0.25, -0.2) is 0 Å². The quantitative estimate of drug-likeness (QED) is 0.876. The van der Waals surface area contributed by atoms with E-state index in [1.54, 1.807) is 11.3 Å². The minimum atomic E-state index is -0.721. The number of hydrogen-bond acceptors (Lipinski definition) is 4. The van der Waals surface area contributed by atoms with Crippen LogP contribution in [0.5, 0.6) is 0 Å². The minimum Gasteiger partial charge on any atom is -0.480 e. The molecule has 0 unspecified atom stereocenters. The number of carboxylic acid groups (broad SMARTS) is 1. The first-order chi connectivity index (χ1) is 8.74. The summed E-state index contributed by atoms with van der Waals surface area (Å²) in [6.45, 7) is 5.10. The maximum atomic E-state index is 10.7. The van der Waals surface area contributed by atoms with Gasteiger partial charge in [0.05, 0.1) is 6.54 Å². The van der Waals surface area contributed by atoms with E-state index in [-0.39, 0.29) is 6.54 Å². The van der Waals surface area contributed by atoms with Gasteiger partial charge in [-0.2, -0.15) is 11.3 Å². The molecule has 0 aromatic carbocycles. The number of thiophene rings is 1. The summed E-state index contributed by atoms with van der Waals surface area (Å²) in [6, 6.07) is 2.18. The lowest BCUT2D eigenvalue weighted by Crippen LogP contribution is -2.34. The van der Waals surface area contributed by atoms with E-state index in [2.05, 4.69) is 21.7 Å². The lowest BCUT2D eigenvalue weighted by atomic mass is 10.2. The highest BCUT2D eigenvalue weighted by molar-refractivity contribution is 7.07. The predicted octanol–water partition coefficient (Wildman–Crippen LogP) is 1.38. The molecule has 1 fully saturated rings. The van der Waals surface area contributed by atoms with Crippen molar-refractivity contribution < 1.29 is 9.90 Å². The Morgan fingerprint density at radius 2 is 2.06 bits per heavy atom. The minimum absolute atomic E-state index is 0.179. The molecule has 1 N–H and O–H groups in total. The van der Waals surface area contributed by atoms with E-state index < -0.39 is 5.97 Å². The van der Waals surface area contributed by atoms with Crippen molar-refractivity contribution in [2.45, 2.75) is 12.8 Å². The highest BCUT2D eigenvalue weighted by atomic mass is 32.1. The van der Waals surface area contributed by atoms with Crippen molar-refractivity contribution in [1.82, 2.24) is 9.80 Å². The molecule has 1 aliphatic heterocycles. The van der Waals surface area contributed by atoms with Crippen LogP contribution in [0.25, 0.3) is 0 Å². The molecule has 1 saturated heterocycles. The van der Waals surface area contributed by atoms with Crippen molar-refractivity contribution >= 4 is 17.3 Å². The van der Waals surface area contributed by atoms with Gasteiger partial charge in [0.25, 0.3) is 0 Å². The predicted molar refractivity (Wildman–Crippen MR) is 73.2 cm³/mol. The number of hydrogen-bond donors (Lipinski definition) is 1. The van der Waals surface area contributed by atoms with Crippen LogP contribution < -0.4 is 0 Å². The van der Waals surface area contributed by atoms with E-state index in [0.29, 0.717) is 0 Å². The topological polar surface area (TPSA) is 43.8 Å². The standard InChI is InChI=1S/C13H20N2O2S/c16-13(17)10-15-5-1-4-14(7-8-15)6-2-12-3-9-18-11-12/h3,9,11H,1-2,4-8,10H2,(H,16,17). The Hall–Kier alpha value is -0.910. The number of carbonyl (C=O) groups is 1. The molecule has 0 atom stereocenters. The summed E-state index contributed by atoms with van der Waals surface area (Å²) in [7, 11) is 0. The normalized spacial score (nSPS) is 18.7. The van der Waals surface area contributed by atoms with Crippen molar-refractivity contribution in [2.75, 3.05) is 39.3 Å². The van der Waals surface area contributed by atoms with Crippen LogP contribution >= 0.6 is 11.3 Å². The molecule has 0 radical (unpaired) electrons. The zero-order valence-electron chi connectivity index (χ0n) is 10.5. The van der Waals surface area contributed by atoms with Gasteiger partial charge in [0, 0.05) is 26.2 Å². The van der Waals surface area contributed by atoms with Gasteiger partial charge < -0.3 is 10.0 Å². The summed E-state index contributed by atoms with van der Waals surface area (Å²) in [5.74, 6) is -0.721. The second-order valence-corrected chi connectivity index (χ2v) is 5.53. The lowest BCUT2D eigenvalue weighted by molar-refractivity contribution is -0.138. The van der Waals surface area contributed by atoms with Crippen molar-refractivity contribution in [3.63, 3.8) is 0 Å². The van der Waals surface area contributed by atoms with Gasteiger partial charge >= 0.3 is 5.97 Å². The number of carboxylic acids is 1. The van der Waals surface area contributed by atoms with Crippen molar-refractivity contribution in [1.29, 1.82) is 0 Å². The zero-order chi connectivity index (χ0) is 12.8. The summed E-state index contributed by atoms with van der Waals surface area (Å²) < 4.78 is 0. The van der Waals surface area contributed by atoms with Gasteiger partial charge in [-0.1, -0.05) is 0 Å².